The fourth-order valence-electron chi connectivity index (χ4n) is 2.65. The topological polar surface area (TPSA) is 67.2 Å². The van der Waals surface area contributed by atoms with Crippen molar-refractivity contribution in [2.75, 3.05) is 19.6 Å². The largest absolute Gasteiger partial charge is 0.313 e. The molecular formula is C13H23ClN4O2S. The average molecular weight is 335 g/mol. The third-order valence-electron chi connectivity index (χ3n) is 3.58. The van der Waals surface area contributed by atoms with Crippen LogP contribution in [0.3, 0.4) is 0 Å². The molecule has 1 fully saturated rings. The van der Waals surface area contributed by atoms with Crippen molar-refractivity contribution >= 4 is 21.6 Å². The quantitative estimate of drug-likeness (QED) is 0.855. The van der Waals surface area contributed by atoms with Crippen LogP contribution in [0.1, 0.15) is 26.7 Å². The molecule has 1 aliphatic heterocycles. The maximum atomic E-state index is 12.9. The van der Waals surface area contributed by atoms with Crippen LogP contribution in [-0.4, -0.2) is 48.2 Å². The van der Waals surface area contributed by atoms with Gasteiger partial charge in [0.15, 0.2) is 5.03 Å². The van der Waals surface area contributed by atoms with Gasteiger partial charge in [-0.05, 0) is 25.3 Å². The normalized spacial score (nSPS) is 19.8. The van der Waals surface area contributed by atoms with Gasteiger partial charge in [-0.25, -0.2) is 8.42 Å². The molecule has 1 aliphatic rings. The van der Waals surface area contributed by atoms with Crippen LogP contribution in [0.25, 0.3) is 0 Å². The Morgan fingerprint density at radius 3 is 2.76 bits per heavy atom. The van der Waals surface area contributed by atoms with Crippen LogP contribution in [0.4, 0.5) is 0 Å². The van der Waals surface area contributed by atoms with Gasteiger partial charge in [0.1, 0.15) is 0 Å². The number of nitrogens with one attached hydrogen (secondary N) is 1. The summed E-state index contributed by atoms with van der Waals surface area (Å²) < 4.78 is 28.7. The number of hydrogen-bond donors (Lipinski definition) is 1. The number of aromatic nitrogens is 2. The van der Waals surface area contributed by atoms with Crippen LogP contribution < -0.4 is 5.32 Å². The minimum absolute atomic E-state index is 0.0720. The van der Waals surface area contributed by atoms with Crippen molar-refractivity contribution in [3.63, 3.8) is 0 Å². The molecule has 0 spiro atoms. The molecule has 0 radical (unpaired) electrons. The second-order valence-corrected chi connectivity index (χ2v) is 8.19. The number of halogens is 1. The van der Waals surface area contributed by atoms with Crippen LogP contribution in [0.5, 0.6) is 0 Å². The summed E-state index contributed by atoms with van der Waals surface area (Å²) in [5.74, 6) is 0.244. The lowest BCUT2D eigenvalue weighted by Gasteiger charge is -2.26. The van der Waals surface area contributed by atoms with Crippen molar-refractivity contribution in [3.05, 3.63) is 11.2 Å². The molecule has 2 rings (SSSR count). The van der Waals surface area contributed by atoms with E-state index in [9.17, 15) is 8.42 Å². The first kappa shape index (κ1) is 16.7. The third kappa shape index (κ3) is 3.77. The van der Waals surface area contributed by atoms with E-state index < -0.39 is 10.0 Å². The highest BCUT2D eigenvalue weighted by molar-refractivity contribution is 7.89. The standard InChI is InChI=1S/C13H23ClN4O2S/c1-10(2)8-18(9-11-5-4-6-15-11)21(19,20)13-12(14)7-16-17(13)3/h7,10-11,15H,4-6,8-9H2,1-3H3. The molecule has 0 bridgehead atoms. The van der Waals surface area contributed by atoms with Crippen LogP contribution in [-0.2, 0) is 17.1 Å². The van der Waals surface area contributed by atoms with Crippen molar-refractivity contribution in [1.82, 2.24) is 19.4 Å². The Morgan fingerprint density at radius 1 is 1.57 bits per heavy atom. The zero-order valence-corrected chi connectivity index (χ0v) is 14.3. The number of nitrogens with zero attached hydrogens (tertiary/aromatic N) is 3. The Labute approximate surface area is 131 Å². The molecule has 1 aromatic heterocycles. The predicted molar refractivity (Wildman–Crippen MR) is 82.8 cm³/mol. The zero-order valence-electron chi connectivity index (χ0n) is 12.7. The molecule has 0 saturated carbocycles. The molecule has 1 N–H and O–H groups in total. The summed E-state index contributed by atoms with van der Waals surface area (Å²) in [5.41, 5.74) is 0. The summed E-state index contributed by atoms with van der Waals surface area (Å²) in [6.07, 6.45) is 3.46. The maximum Gasteiger partial charge on any atom is 0.261 e. The highest BCUT2D eigenvalue weighted by Crippen LogP contribution is 2.25. The van der Waals surface area contributed by atoms with Gasteiger partial charge in [0, 0.05) is 26.2 Å². The number of hydrogen-bond acceptors (Lipinski definition) is 4. The Bertz CT molecular complexity index is 559. The Morgan fingerprint density at radius 2 is 2.29 bits per heavy atom. The van der Waals surface area contributed by atoms with Crippen molar-refractivity contribution in [2.45, 2.75) is 37.8 Å². The van der Waals surface area contributed by atoms with Crippen molar-refractivity contribution in [1.29, 1.82) is 0 Å². The minimum atomic E-state index is -3.64. The summed E-state index contributed by atoms with van der Waals surface area (Å²) in [6.45, 7) is 5.92. The first-order valence-corrected chi connectivity index (χ1v) is 9.05. The van der Waals surface area contributed by atoms with Gasteiger partial charge in [0.2, 0.25) is 0 Å². The highest BCUT2D eigenvalue weighted by Gasteiger charge is 2.32. The van der Waals surface area contributed by atoms with E-state index in [1.807, 2.05) is 13.8 Å². The van der Waals surface area contributed by atoms with Gasteiger partial charge in [-0.2, -0.15) is 9.40 Å². The van der Waals surface area contributed by atoms with Gasteiger partial charge >= 0.3 is 0 Å². The lowest BCUT2D eigenvalue weighted by atomic mass is 10.2. The average Bonchev–Trinajstić information content (AvgIpc) is 2.98. The third-order valence-corrected chi connectivity index (χ3v) is 5.92. The van der Waals surface area contributed by atoms with Crippen molar-refractivity contribution in [3.8, 4) is 0 Å². The van der Waals surface area contributed by atoms with E-state index in [0.29, 0.717) is 13.1 Å². The molecule has 1 aromatic rings. The van der Waals surface area contributed by atoms with Gasteiger partial charge < -0.3 is 5.32 Å². The van der Waals surface area contributed by atoms with Gasteiger partial charge in [0.05, 0.1) is 11.2 Å². The van der Waals surface area contributed by atoms with Crippen LogP contribution >= 0.6 is 11.6 Å². The van der Waals surface area contributed by atoms with Gasteiger partial charge in [0.25, 0.3) is 10.0 Å². The minimum Gasteiger partial charge on any atom is -0.313 e. The predicted octanol–water partition coefficient (Wildman–Crippen LogP) is 1.47. The van der Waals surface area contributed by atoms with E-state index in [0.717, 1.165) is 19.4 Å². The monoisotopic (exact) mass is 334 g/mol. The lowest BCUT2D eigenvalue weighted by molar-refractivity contribution is 0.334. The molecular weight excluding hydrogens is 312 g/mol. The summed E-state index contributed by atoms with van der Waals surface area (Å²) in [7, 11) is -2.04. The molecule has 0 amide bonds. The number of aryl methyl sites for hydroxylation is 1. The van der Waals surface area contributed by atoms with Crippen LogP contribution in [0, 0.1) is 5.92 Å². The molecule has 0 aliphatic carbocycles. The molecule has 8 heteroatoms. The zero-order chi connectivity index (χ0) is 15.6. The van der Waals surface area contributed by atoms with Crippen LogP contribution in [0.2, 0.25) is 5.02 Å². The second kappa shape index (κ2) is 6.64. The molecule has 1 atom stereocenters. The maximum absolute atomic E-state index is 12.9. The van der Waals surface area contributed by atoms with Gasteiger partial charge in [-0.3, -0.25) is 4.68 Å². The fraction of sp³-hybridized carbons (Fsp3) is 0.769. The van der Waals surface area contributed by atoms with E-state index in [-0.39, 0.29) is 22.0 Å². The van der Waals surface area contributed by atoms with Gasteiger partial charge in [-0.15, -0.1) is 0 Å². The first-order chi connectivity index (χ1) is 9.82. The van der Waals surface area contributed by atoms with E-state index in [1.165, 1.54) is 15.2 Å². The summed E-state index contributed by atoms with van der Waals surface area (Å²) in [4.78, 5) is 0. The molecule has 2 heterocycles. The number of rotatable bonds is 6. The molecule has 120 valence electrons. The summed E-state index contributed by atoms with van der Waals surface area (Å²) in [6, 6.07) is 0.213. The molecule has 1 unspecified atom stereocenters. The van der Waals surface area contributed by atoms with E-state index in [2.05, 4.69) is 10.4 Å². The van der Waals surface area contributed by atoms with E-state index in [4.69, 9.17) is 11.6 Å². The smallest absolute Gasteiger partial charge is 0.261 e. The van der Waals surface area contributed by atoms with Crippen LogP contribution in [0.15, 0.2) is 11.2 Å². The molecule has 6 nitrogen and oxygen atoms in total. The number of sulfonamides is 1. The lowest BCUT2D eigenvalue weighted by Crippen LogP contribution is -2.43. The van der Waals surface area contributed by atoms with E-state index >= 15 is 0 Å². The molecule has 21 heavy (non-hydrogen) atoms. The van der Waals surface area contributed by atoms with Crippen molar-refractivity contribution in [2.24, 2.45) is 13.0 Å². The van der Waals surface area contributed by atoms with Gasteiger partial charge in [-0.1, -0.05) is 25.4 Å². The first-order valence-electron chi connectivity index (χ1n) is 7.23. The Balaban J connectivity index is 2.29. The Kier molecular flexibility index (Phi) is 5.29. The fourth-order valence-corrected chi connectivity index (χ4v) is 4.90. The van der Waals surface area contributed by atoms with Crippen molar-refractivity contribution < 1.29 is 8.42 Å². The second-order valence-electron chi connectivity index (χ2n) is 5.93. The Hall–Kier alpha value is -0.630. The highest BCUT2D eigenvalue weighted by atomic mass is 35.5. The van der Waals surface area contributed by atoms with E-state index in [1.54, 1.807) is 7.05 Å². The molecule has 1 saturated heterocycles. The SMILES string of the molecule is CC(C)CN(CC1CCCN1)S(=O)(=O)c1c(Cl)cnn1C. The summed E-state index contributed by atoms with van der Waals surface area (Å²) >= 11 is 6.02. The summed E-state index contributed by atoms with van der Waals surface area (Å²) in [5, 5.41) is 7.53. The molecule has 0 aromatic carbocycles.